The summed E-state index contributed by atoms with van der Waals surface area (Å²) in [6.45, 7) is 1.59. The van der Waals surface area contributed by atoms with Crippen LogP contribution < -0.4 is 5.32 Å². The van der Waals surface area contributed by atoms with Gasteiger partial charge in [-0.15, -0.1) is 12.4 Å². The molecule has 0 atom stereocenters. The van der Waals surface area contributed by atoms with E-state index in [2.05, 4.69) is 22.3 Å². The highest BCUT2D eigenvalue weighted by molar-refractivity contribution is 6.08. The molecule has 2 aliphatic heterocycles. The average Bonchev–Trinajstić information content (AvgIpc) is 2.75. The van der Waals surface area contributed by atoms with E-state index >= 15 is 0 Å². The van der Waals surface area contributed by atoms with Crippen molar-refractivity contribution in [2.45, 2.75) is 24.9 Å². The molecule has 7 nitrogen and oxygen atoms in total. The van der Waals surface area contributed by atoms with Crippen LogP contribution in [0.4, 0.5) is 4.79 Å². The monoisotopic (exact) mass is 353 g/mol. The Balaban J connectivity index is 0.00000208. The van der Waals surface area contributed by atoms with Gasteiger partial charge in [0, 0.05) is 19.6 Å². The van der Waals surface area contributed by atoms with Crippen LogP contribution in [0.3, 0.4) is 0 Å². The van der Waals surface area contributed by atoms with E-state index in [1.165, 1.54) is 5.56 Å². The average molecular weight is 354 g/mol. The summed E-state index contributed by atoms with van der Waals surface area (Å²) in [6, 6.07) is 9.46. The maximum Gasteiger partial charge on any atom is 0.325 e. The number of nitrogens with zero attached hydrogens (tertiary/aromatic N) is 2. The highest BCUT2D eigenvalue weighted by Gasteiger charge is 2.52. The summed E-state index contributed by atoms with van der Waals surface area (Å²) in [6.07, 6.45) is 1.00. The normalized spacial score (nSPS) is 19.9. The zero-order valence-electron chi connectivity index (χ0n) is 13.1. The van der Waals surface area contributed by atoms with Gasteiger partial charge in [0.1, 0.15) is 12.1 Å². The Kier molecular flexibility index (Phi) is 5.46. The van der Waals surface area contributed by atoms with Gasteiger partial charge in [0.15, 0.2) is 0 Å². The number of imide groups is 1. The van der Waals surface area contributed by atoms with Gasteiger partial charge in [-0.05, 0) is 18.4 Å². The topological polar surface area (TPSA) is 89.9 Å². The lowest BCUT2D eigenvalue weighted by Crippen LogP contribution is -2.54. The van der Waals surface area contributed by atoms with Crippen LogP contribution >= 0.6 is 12.4 Å². The van der Waals surface area contributed by atoms with Gasteiger partial charge in [0.2, 0.25) is 0 Å². The molecule has 2 N–H and O–H groups in total. The number of piperidine rings is 1. The Hall–Kier alpha value is -2.12. The molecular formula is C16H20ClN3O4. The molecule has 1 spiro atoms. The Bertz CT molecular complexity index is 629. The number of amides is 3. The molecule has 130 valence electrons. The molecule has 2 saturated heterocycles. The van der Waals surface area contributed by atoms with E-state index < -0.39 is 30.0 Å². The minimum Gasteiger partial charge on any atom is -0.480 e. The lowest BCUT2D eigenvalue weighted by atomic mass is 9.87. The van der Waals surface area contributed by atoms with Crippen molar-refractivity contribution in [1.29, 1.82) is 0 Å². The van der Waals surface area contributed by atoms with Crippen molar-refractivity contribution in [2.24, 2.45) is 0 Å². The third kappa shape index (κ3) is 3.52. The third-order valence-corrected chi connectivity index (χ3v) is 4.50. The highest BCUT2D eigenvalue weighted by Crippen LogP contribution is 2.29. The molecule has 0 radical (unpaired) electrons. The smallest absolute Gasteiger partial charge is 0.325 e. The van der Waals surface area contributed by atoms with Crippen molar-refractivity contribution in [1.82, 2.24) is 15.1 Å². The molecule has 8 heteroatoms. The molecule has 0 aliphatic carbocycles. The number of likely N-dealkylation sites (tertiary alicyclic amines) is 1. The van der Waals surface area contributed by atoms with E-state index in [-0.39, 0.29) is 12.4 Å². The number of carbonyl (C=O) groups excluding carboxylic acids is 2. The predicted octanol–water partition coefficient (Wildman–Crippen LogP) is 1.08. The number of halogens is 1. The molecule has 0 bridgehead atoms. The Labute approximate surface area is 146 Å². The molecule has 1 aromatic carbocycles. The number of carbonyl (C=O) groups is 3. The summed E-state index contributed by atoms with van der Waals surface area (Å²) in [7, 11) is 0. The molecule has 0 aromatic heterocycles. The van der Waals surface area contributed by atoms with E-state index in [1.54, 1.807) is 0 Å². The fourth-order valence-corrected chi connectivity index (χ4v) is 3.23. The third-order valence-electron chi connectivity index (χ3n) is 4.50. The molecular weight excluding hydrogens is 334 g/mol. The highest BCUT2D eigenvalue weighted by atomic mass is 35.5. The zero-order valence-corrected chi connectivity index (χ0v) is 13.9. The van der Waals surface area contributed by atoms with Crippen molar-refractivity contribution in [3.05, 3.63) is 35.9 Å². The Morgan fingerprint density at radius 3 is 2.38 bits per heavy atom. The minimum atomic E-state index is -1.19. The first-order chi connectivity index (χ1) is 11.0. The first-order valence-corrected chi connectivity index (χ1v) is 7.62. The first kappa shape index (κ1) is 18.2. The molecule has 3 amide bonds. The van der Waals surface area contributed by atoms with Crippen LogP contribution in [0.1, 0.15) is 18.4 Å². The van der Waals surface area contributed by atoms with E-state index in [9.17, 15) is 14.4 Å². The molecule has 0 saturated carbocycles. The first-order valence-electron chi connectivity index (χ1n) is 7.62. The second-order valence-corrected chi connectivity index (χ2v) is 6.06. The summed E-state index contributed by atoms with van der Waals surface area (Å²) >= 11 is 0. The van der Waals surface area contributed by atoms with E-state index in [4.69, 9.17) is 5.11 Å². The molecule has 2 heterocycles. The summed E-state index contributed by atoms with van der Waals surface area (Å²) in [4.78, 5) is 38.2. The maximum atomic E-state index is 12.5. The number of rotatable bonds is 4. The van der Waals surface area contributed by atoms with E-state index in [0.29, 0.717) is 25.9 Å². The zero-order chi connectivity index (χ0) is 16.4. The van der Waals surface area contributed by atoms with Crippen molar-refractivity contribution in [2.75, 3.05) is 19.6 Å². The summed E-state index contributed by atoms with van der Waals surface area (Å²) in [5.74, 6) is -1.60. The molecule has 24 heavy (non-hydrogen) atoms. The quantitative estimate of drug-likeness (QED) is 0.790. The van der Waals surface area contributed by atoms with Gasteiger partial charge >= 0.3 is 12.0 Å². The van der Waals surface area contributed by atoms with Crippen LogP contribution in [0.25, 0.3) is 0 Å². The minimum absolute atomic E-state index is 0. The number of carboxylic acids is 1. The Morgan fingerprint density at radius 1 is 1.17 bits per heavy atom. The van der Waals surface area contributed by atoms with Crippen LogP contribution in [0, 0.1) is 0 Å². The standard InChI is InChI=1S/C16H19N3O4.ClH/c20-13(21)11-19-14(22)16(17-15(19)23)6-8-18(9-7-16)10-12-4-2-1-3-5-12;/h1-5H,6-11H2,(H,17,23)(H,20,21);1H. The number of carboxylic acid groups (broad SMARTS) is 1. The fourth-order valence-electron chi connectivity index (χ4n) is 3.23. The van der Waals surface area contributed by atoms with Gasteiger partial charge in [-0.2, -0.15) is 0 Å². The van der Waals surface area contributed by atoms with Gasteiger partial charge < -0.3 is 10.4 Å². The molecule has 3 rings (SSSR count). The van der Waals surface area contributed by atoms with Gasteiger partial charge in [-0.3, -0.25) is 19.4 Å². The number of hydrogen-bond donors (Lipinski definition) is 2. The van der Waals surface area contributed by atoms with Gasteiger partial charge in [0.05, 0.1) is 0 Å². The maximum absolute atomic E-state index is 12.5. The van der Waals surface area contributed by atoms with Crippen LogP contribution in [0.5, 0.6) is 0 Å². The second-order valence-electron chi connectivity index (χ2n) is 6.06. The lowest BCUT2D eigenvalue weighted by Gasteiger charge is -2.37. The molecule has 0 unspecified atom stereocenters. The summed E-state index contributed by atoms with van der Waals surface area (Å²) < 4.78 is 0. The number of urea groups is 1. The van der Waals surface area contributed by atoms with Crippen molar-refractivity contribution < 1.29 is 19.5 Å². The Morgan fingerprint density at radius 2 is 1.79 bits per heavy atom. The van der Waals surface area contributed by atoms with Gasteiger partial charge in [-0.1, -0.05) is 30.3 Å². The SMILES string of the molecule is Cl.O=C(O)CN1C(=O)NC2(CCN(Cc3ccccc3)CC2)C1=O. The van der Waals surface area contributed by atoms with E-state index in [0.717, 1.165) is 11.4 Å². The second kappa shape index (κ2) is 7.19. The predicted molar refractivity (Wildman–Crippen MR) is 88.8 cm³/mol. The number of nitrogens with one attached hydrogen (secondary N) is 1. The largest absolute Gasteiger partial charge is 0.480 e. The summed E-state index contributed by atoms with van der Waals surface area (Å²) in [5.41, 5.74) is 0.275. The van der Waals surface area contributed by atoms with E-state index in [1.807, 2.05) is 18.2 Å². The molecule has 1 aromatic rings. The number of aliphatic carboxylic acids is 1. The van der Waals surface area contributed by atoms with Gasteiger partial charge in [0.25, 0.3) is 5.91 Å². The van der Waals surface area contributed by atoms with Crippen molar-refractivity contribution >= 4 is 30.3 Å². The fraction of sp³-hybridized carbons (Fsp3) is 0.438. The lowest BCUT2D eigenvalue weighted by molar-refractivity contribution is -0.143. The molecule has 2 fully saturated rings. The van der Waals surface area contributed by atoms with Crippen molar-refractivity contribution in [3.63, 3.8) is 0 Å². The van der Waals surface area contributed by atoms with Crippen molar-refractivity contribution in [3.8, 4) is 0 Å². The van der Waals surface area contributed by atoms with Crippen LogP contribution in [0.2, 0.25) is 0 Å². The van der Waals surface area contributed by atoms with Gasteiger partial charge in [-0.25, -0.2) is 4.79 Å². The molecule has 2 aliphatic rings. The number of hydrogen-bond acceptors (Lipinski definition) is 4. The summed E-state index contributed by atoms with van der Waals surface area (Å²) in [5, 5.41) is 11.5. The van der Waals surface area contributed by atoms with Crippen LogP contribution in [-0.2, 0) is 16.1 Å². The van der Waals surface area contributed by atoms with Crippen LogP contribution in [0.15, 0.2) is 30.3 Å². The van der Waals surface area contributed by atoms with Crippen LogP contribution in [-0.4, -0.2) is 58.0 Å². The number of benzene rings is 1.